The summed E-state index contributed by atoms with van der Waals surface area (Å²) >= 11 is 0. The van der Waals surface area contributed by atoms with Crippen molar-refractivity contribution >= 4 is 0 Å². The summed E-state index contributed by atoms with van der Waals surface area (Å²) < 4.78 is 0. The fourth-order valence-corrected chi connectivity index (χ4v) is 3.34. The van der Waals surface area contributed by atoms with E-state index in [2.05, 4.69) is 5.32 Å². The van der Waals surface area contributed by atoms with Crippen molar-refractivity contribution in [3.63, 3.8) is 0 Å². The van der Waals surface area contributed by atoms with E-state index in [9.17, 15) is 5.11 Å². The molecule has 1 aliphatic rings. The summed E-state index contributed by atoms with van der Waals surface area (Å²) in [4.78, 5) is 0. The lowest BCUT2D eigenvalue weighted by atomic mass is 9.78. The number of hydrogen-bond donors (Lipinski definition) is 2. The van der Waals surface area contributed by atoms with Crippen molar-refractivity contribution in [1.29, 1.82) is 0 Å². The van der Waals surface area contributed by atoms with Crippen molar-refractivity contribution in [3.8, 4) is 0 Å². The Bertz CT molecular complexity index is 505. The second-order valence-corrected chi connectivity index (χ2v) is 5.85. The van der Waals surface area contributed by atoms with Crippen LogP contribution < -0.4 is 5.32 Å². The van der Waals surface area contributed by atoms with Crippen molar-refractivity contribution in [2.75, 3.05) is 6.54 Å². The molecule has 1 unspecified atom stereocenters. The van der Waals surface area contributed by atoms with Crippen LogP contribution in [0.15, 0.2) is 60.7 Å². The van der Waals surface area contributed by atoms with Gasteiger partial charge in [0.2, 0.25) is 0 Å². The third-order valence-corrected chi connectivity index (χ3v) is 4.49. The molecule has 2 aromatic carbocycles. The zero-order valence-electron chi connectivity index (χ0n) is 12.3. The molecule has 0 radical (unpaired) electrons. The quantitative estimate of drug-likeness (QED) is 0.903. The Kier molecular flexibility index (Phi) is 4.37. The Hall–Kier alpha value is -1.64. The van der Waals surface area contributed by atoms with Gasteiger partial charge < -0.3 is 10.4 Å². The maximum Gasteiger partial charge on any atom is 0.130 e. The molecule has 0 spiro atoms. The molecule has 3 rings (SSSR count). The summed E-state index contributed by atoms with van der Waals surface area (Å²) in [7, 11) is 0. The molecule has 0 bridgehead atoms. The average Bonchev–Trinajstić information content (AvgIpc) is 2.85. The number of rotatable bonds is 3. The largest absolute Gasteiger partial charge is 0.379 e. The monoisotopic (exact) mass is 281 g/mol. The molecule has 2 N–H and O–H groups in total. The Labute approximate surface area is 126 Å². The minimum Gasteiger partial charge on any atom is -0.379 e. The molecular formula is C19H23NO. The Morgan fingerprint density at radius 3 is 1.95 bits per heavy atom. The molecule has 1 aliphatic heterocycles. The van der Waals surface area contributed by atoms with Crippen molar-refractivity contribution in [1.82, 2.24) is 5.32 Å². The van der Waals surface area contributed by atoms with Gasteiger partial charge in [0, 0.05) is 6.04 Å². The van der Waals surface area contributed by atoms with Gasteiger partial charge in [0.1, 0.15) is 5.60 Å². The van der Waals surface area contributed by atoms with Crippen LogP contribution in [0.4, 0.5) is 0 Å². The van der Waals surface area contributed by atoms with E-state index in [1.54, 1.807) is 0 Å². The number of aliphatic hydroxyl groups is 1. The lowest BCUT2D eigenvalue weighted by Gasteiger charge is -2.37. The Morgan fingerprint density at radius 2 is 1.38 bits per heavy atom. The SMILES string of the molecule is OC(c1ccccc1)(c1ccccc1)C1CCCCCN1. The van der Waals surface area contributed by atoms with E-state index in [0.717, 1.165) is 24.1 Å². The van der Waals surface area contributed by atoms with Crippen molar-refractivity contribution in [2.45, 2.75) is 37.3 Å². The fourth-order valence-electron chi connectivity index (χ4n) is 3.34. The molecule has 2 heteroatoms. The molecule has 1 atom stereocenters. The Morgan fingerprint density at radius 1 is 0.810 bits per heavy atom. The summed E-state index contributed by atoms with van der Waals surface area (Å²) in [6, 6.07) is 20.2. The van der Waals surface area contributed by atoms with E-state index in [-0.39, 0.29) is 6.04 Å². The number of hydrogen-bond acceptors (Lipinski definition) is 2. The second-order valence-electron chi connectivity index (χ2n) is 5.85. The van der Waals surface area contributed by atoms with Gasteiger partial charge in [0.25, 0.3) is 0 Å². The van der Waals surface area contributed by atoms with Gasteiger partial charge in [-0.1, -0.05) is 73.5 Å². The first kappa shape index (κ1) is 14.3. The topological polar surface area (TPSA) is 32.3 Å². The highest BCUT2D eigenvalue weighted by molar-refractivity contribution is 5.38. The van der Waals surface area contributed by atoms with Crippen LogP contribution in [0.2, 0.25) is 0 Å². The standard InChI is InChI=1S/C19H23NO/c21-19(16-10-4-1-5-11-16,17-12-6-2-7-13-17)18-14-8-3-9-15-20-18/h1-2,4-7,10-13,18,20-21H,3,8-9,14-15H2. The number of nitrogens with one attached hydrogen (secondary N) is 1. The zero-order valence-corrected chi connectivity index (χ0v) is 12.3. The van der Waals surface area contributed by atoms with Gasteiger partial charge in [0.05, 0.1) is 0 Å². The highest BCUT2D eigenvalue weighted by Gasteiger charge is 2.39. The molecule has 1 saturated heterocycles. The van der Waals surface area contributed by atoms with Gasteiger partial charge in [-0.2, -0.15) is 0 Å². The predicted molar refractivity (Wildman–Crippen MR) is 86.1 cm³/mol. The van der Waals surface area contributed by atoms with Gasteiger partial charge in [-0.15, -0.1) is 0 Å². The summed E-state index contributed by atoms with van der Waals surface area (Å²) in [6.45, 7) is 0.979. The molecule has 1 heterocycles. The summed E-state index contributed by atoms with van der Waals surface area (Å²) in [6.07, 6.45) is 4.60. The van der Waals surface area contributed by atoms with Gasteiger partial charge in [-0.3, -0.25) is 0 Å². The van der Waals surface area contributed by atoms with Crippen LogP contribution in [0.25, 0.3) is 0 Å². The van der Waals surface area contributed by atoms with E-state index in [1.165, 1.54) is 19.3 Å². The third-order valence-electron chi connectivity index (χ3n) is 4.49. The highest BCUT2D eigenvalue weighted by Crippen LogP contribution is 2.35. The minimum atomic E-state index is -0.965. The smallest absolute Gasteiger partial charge is 0.130 e. The van der Waals surface area contributed by atoms with E-state index in [1.807, 2.05) is 60.7 Å². The first-order valence-electron chi connectivity index (χ1n) is 7.88. The van der Waals surface area contributed by atoms with E-state index < -0.39 is 5.60 Å². The summed E-state index contributed by atoms with van der Waals surface area (Å²) in [5, 5.41) is 15.2. The van der Waals surface area contributed by atoms with Crippen LogP contribution in [0.5, 0.6) is 0 Å². The van der Waals surface area contributed by atoms with Gasteiger partial charge in [0.15, 0.2) is 0 Å². The van der Waals surface area contributed by atoms with Gasteiger partial charge >= 0.3 is 0 Å². The molecule has 2 nitrogen and oxygen atoms in total. The summed E-state index contributed by atoms with van der Waals surface area (Å²) in [5.41, 5.74) is 0.971. The van der Waals surface area contributed by atoms with Crippen LogP contribution in [-0.2, 0) is 5.60 Å². The molecule has 0 aromatic heterocycles. The van der Waals surface area contributed by atoms with Crippen LogP contribution in [-0.4, -0.2) is 17.7 Å². The first-order valence-corrected chi connectivity index (χ1v) is 7.88. The van der Waals surface area contributed by atoms with Crippen LogP contribution >= 0.6 is 0 Å². The molecule has 0 amide bonds. The van der Waals surface area contributed by atoms with E-state index >= 15 is 0 Å². The fraction of sp³-hybridized carbons (Fsp3) is 0.368. The normalized spacial score (nSPS) is 20.0. The van der Waals surface area contributed by atoms with Crippen molar-refractivity contribution in [3.05, 3.63) is 71.8 Å². The summed E-state index contributed by atoms with van der Waals surface area (Å²) in [5.74, 6) is 0. The van der Waals surface area contributed by atoms with Crippen LogP contribution in [0, 0.1) is 0 Å². The van der Waals surface area contributed by atoms with E-state index in [0.29, 0.717) is 0 Å². The lowest BCUT2D eigenvalue weighted by Crippen LogP contribution is -2.49. The molecule has 110 valence electrons. The second kappa shape index (κ2) is 6.42. The van der Waals surface area contributed by atoms with Gasteiger partial charge in [-0.25, -0.2) is 0 Å². The number of benzene rings is 2. The molecule has 2 aromatic rings. The molecule has 1 fully saturated rings. The lowest BCUT2D eigenvalue weighted by molar-refractivity contribution is 0.0355. The highest BCUT2D eigenvalue weighted by atomic mass is 16.3. The van der Waals surface area contributed by atoms with Crippen LogP contribution in [0.3, 0.4) is 0 Å². The maximum absolute atomic E-state index is 11.6. The zero-order chi connectivity index (χ0) is 14.5. The molecule has 21 heavy (non-hydrogen) atoms. The predicted octanol–water partition coefficient (Wildman–Crippen LogP) is 3.45. The molecule has 0 saturated carbocycles. The maximum atomic E-state index is 11.6. The Balaban J connectivity index is 2.06. The average molecular weight is 281 g/mol. The first-order chi connectivity index (χ1) is 10.3. The molecule has 0 aliphatic carbocycles. The van der Waals surface area contributed by atoms with Crippen LogP contribution in [0.1, 0.15) is 36.8 Å². The van der Waals surface area contributed by atoms with Crippen molar-refractivity contribution < 1.29 is 5.11 Å². The molecular weight excluding hydrogens is 258 g/mol. The van der Waals surface area contributed by atoms with E-state index in [4.69, 9.17) is 0 Å². The minimum absolute atomic E-state index is 0.0600. The van der Waals surface area contributed by atoms with Crippen molar-refractivity contribution in [2.24, 2.45) is 0 Å². The van der Waals surface area contributed by atoms with Gasteiger partial charge in [-0.05, 0) is 30.5 Å². The third kappa shape index (κ3) is 2.87.